The molecule has 3 aromatic rings. The SMILES string of the molecule is CCc1ccccc1NCC(=O)Nc1ccc(OCc2ccccc2)cc1. The number of benzene rings is 3. The van der Waals surface area contributed by atoms with Gasteiger partial charge in [0.1, 0.15) is 12.4 Å². The van der Waals surface area contributed by atoms with E-state index in [1.807, 2.05) is 72.8 Å². The molecule has 0 spiro atoms. The molecule has 0 heterocycles. The summed E-state index contributed by atoms with van der Waals surface area (Å²) >= 11 is 0. The standard InChI is InChI=1S/C23H24N2O2/c1-2-19-10-6-7-11-22(19)24-16-23(26)25-20-12-14-21(15-13-20)27-17-18-8-4-3-5-9-18/h3-15,24H,2,16-17H2,1H3,(H,25,26). The third-order valence-corrected chi connectivity index (χ3v) is 4.22. The van der Waals surface area contributed by atoms with Crippen molar-refractivity contribution in [3.8, 4) is 5.75 Å². The Morgan fingerprint density at radius 1 is 0.889 bits per heavy atom. The average molecular weight is 360 g/mol. The van der Waals surface area contributed by atoms with Gasteiger partial charge in [-0.05, 0) is 47.9 Å². The average Bonchev–Trinajstić information content (AvgIpc) is 2.72. The van der Waals surface area contributed by atoms with Gasteiger partial charge in [-0.15, -0.1) is 0 Å². The third kappa shape index (κ3) is 5.61. The quantitative estimate of drug-likeness (QED) is 0.602. The zero-order valence-corrected chi connectivity index (χ0v) is 15.4. The summed E-state index contributed by atoms with van der Waals surface area (Å²) < 4.78 is 5.76. The molecule has 3 rings (SSSR count). The number of hydrogen-bond acceptors (Lipinski definition) is 3. The maximum absolute atomic E-state index is 12.2. The van der Waals surface area contributed by atoms with Crippen molar-refractivity contribution in [2.75, 3.05) is 17.2 Å². The highest BCUT2D eigenvalue weighted by Crippen LogP contribution is 2.18. The van der Waals surface area contributed by atoms with Gasteiger partial charge in [-0.3, -0.25) is 4.79 Å². The summed E-state index contributed by atoms with van der Waals surface area (Å²) in [7, 11) is 0. The number of carbonyl (C=O) groups is 1. The van der Waals surface area contributed by atoms with E-state index in [-0.39, 0.29) is 12.5 Å². The zero-order chi connectivity index (χ0) is 18.9. The Hall–Kier alpha value is -3.27. The first-order chi connectivity index (χ1) is 13.2. The molecule has 4 heteroatoms. The molecule has 27 heavy (non-hydrogen) atoms. The van der Waals surface area contributed by atoms with E-state index in [1.54, 1.807) is 0 Å². The van der Waals surface area contributed by atoms with Crippen LogP contribution in [0, 0.1) is 0 Å². The van der Waals surface area contributed by atoms with Crippen LogP contribution in [0.3, 0.4) is 0 Å². The molecule has 3 aromatic carbocycles. The van der Waals surface area contributed by atoms with Gasteiger partial charge in [0.2, 0.25) is 5.91 Å². The van der Waals surface area contributed by atoms with Crippen LogP contribution >= 0.6 is 0 Å². The first-order valence-corrected chi connectivity index (χ1v) is 9.13. The second kappa shape index (κ2) is 9.43. The maximum Gasteiger partial charge on any atom is 0.243 e. The fraction of sp³-hybridized carbons (Fsp3) is 0.174. The number of ether oxygens (including phenoxy) is 1. The van der Waals surface area contributed by atoms with Crippen LogP contribution in [0.2, 0.25) is 0 Å². The smallest absolute Gasteiger partial charge is 0.243 e. The Labute approximate surface area is 160 Å². The first kappa shape index (κ1) is 18.5. The van der Waals surface area contributed by atoms with E-state index in [1.165, 1.54) is 5.56 Å². The largest absolute Gasteiger partial charge is 0.489 e. The second-order valence-corrected chi connectivity index (χ2v) is 6.21. The minimum Gasteiger partial charge on any atom is -0.489 e. The number of aryl methyl sites for hydroxylation is 1. The molecule has 1 amide bonds. The number of hydrogen-bond donors (Lipinski definition) is 2. The van der Waals surface area contributed by atoms with Gasteiger partial charge in [-0.2, -0.15) is 0 Å². The molecule has 138 valence electrons. The molecule has 0 atom stereocenters. The number of rotatable bonds is 8. The number of anilines is 2. The van der Waals surface area contributed by atoms with E-state index in [4.69, 9.17) is 4.74 Å². The predicted molar refractivity (Wildman–Crippen MR) is 110 cm³/mol. The molecular formula is C23H24N2O2. The Morgan fingerprint density at radius 2 is 1.59 bits per heavy atom. The highest BCUT2D eigenvalue weighted by atomic mass is 16.5. The van der Waals surface area contributed by atoms with Crippen LogP contribution in [0.25, 0.3) is 0 Å². The van der Waals surface area contributed by atoms with Crippen LogP contribution in [0.4, 0.5) is 11.4 Å². The van der Waals surface area contributed by atoms with Crippen molar-refractivity contribution in [1.82, 2.24) is 0 Å². The van der Waals surface area contributed by atoms with Crippen LogP contribution in [-0.2, 0) is 17.8 Å². The number of nitrogens with one attached hydrogen (secondary N) is 2. The van der Waals surface area contributed by atoms with Gasteiger partial charge in [0, 0.05) is 11.4 Å². The minimum atomic E-state index is -0.0844. The van der Waals surface area contributed by atoms with Crippen molar-refractivity contribution < 1.29 is 9.53 Å². The van der Waals surface area contributed by atoms with Gasteiger partial charge in [-0.25, -0.2) is 0 Å². The van der Waals surface area contributed by atoms with Crippen molar-refractivity contribution >= 4 is 17.3 Å². The minimum absolute atomic E-state index is 0.0844. The number of carbonyl (C=O) groups excluding carboxylic acids is 1. The Morgan fingerprint density at radius 3 is 2.33 bits per heavy atom. The molecule has 0 aliphatic heterocycles. The molecule has 0 bridgehead atoms. The van der Waals surface area contributed by atoms with Gasteiger partial charge in [-0.1, -0.05) is 55.5 Å². The summed E-state index contributed by atoms with van der Waals surface area (Å²) in [4.78, 5) is 12.2. The molecule has 2 N–H and O–H groups in total. The molecule has 4 nitrogen and oxygen atoms in total. The predicted octanol–water partition coefficient (Wildman–Crippen LogP) is 4.88. The normalized spacial score (nSPS) is 10.3. The number of para-hydroxylation sites is 1. The van der Waals surface area contributed by atoms with Crippen molar-refractivity contribution in [1.29, 1.82) is 0 Å². The Kier molecular flexibility index (Phi) is 6.47. The lowest BCUT2D eigenvalue weighted by molar-refractivity contribution is -0.114. The lowest BCUT2D eigenvalue weighted by Crippen LogP contribution is -2.22. The molecule has 0 aromatic heterocycles. The van der Waals surface area contributed by atoms with Crippen LogP contribution in [0.1, 0.15) is 18.1 Å². The van der Waals surface area contributed by atoms with Crippen molar-refractivity contribution in [3.63, 3.8) is 0 Å². The first-order valence-electron chi connectivity index (χ1n) is 9.13. The van der Waals surface area contributed by atoms with Crippen LogP contribution in [0.5, 0.6) is 5.75 Å². The van der Waals surface area contributed by atoms with Crippen molar-refractivity contribution in [3.05, 3.63) is 90.0 Å². The molecule has 0 aliphatic rings. The third-order valence-electron chi connectivity index (χ3n) is 4.22. The second-order valence-electron chi connectivity index (χ2n) is 6.21. The van der Waals surface area contributed by atoms with Gasteiger partial charge >= 0.3 is 0 Å². The topological polar surface area (TPSA) is 50.4 Å². The molecule has 0 saturated heterocycles. The fourth-order valence-corrected chi connectivity index (χ4v) is 2.76. The van der Waals surface area contributed by atoms with E-state index in [9.17, 15) is 4.79 Å². The fourth-order valence-electron chi connectivity index (χ4n) is 2.76. The molecule has 0 unspecified atom stereocenters. The van der Waals surface area contributed by atoms with Crippen molar-refractivity contribution in [2.24, 2.45) is 0 Å². The molecule has 0 radical (unpaired) electrons. The summed E-state index contributed by atoms with van der Waals surface area (Å²) in [5.74, 6) is 0.686. The summed E-state index contributed by atoms with van der Waals surface area (Å²) in [6.45, 7) is 2.85. The van der Waals surface area contributed by atoms with Gasteiger partial charge < -0.3 is 15.4 Å². The highest BCUT2D eigenvalue weighted by molar-refractivity contribution is 5.93. The van der Waals surface area contributed by atoms with E-state index < -0.39 is 0 Å². The van der Waals surface area contributed by atoms with E-state index >= 15 is 0 Å². The lowest BCUT2D eigenvalue weighted by Gasteiger charge is -2.11. The van der Waals surface area contributed by atoms with Crippen LogP contribution in [-0.4, -0.2) is 12.5 Å². The summed E-state index contributed by atoms with van der Waals surface area (Å²) in [6.07, 6.45) is 0.926. The van der Waals surface area contributed by atoms with E-state index in [0.29, 0.717) is 6.61 Å². The summed E-state index contributed by atoms with van der Waals surface area (Å²) in [5.41, 5.74) is 4.07. The zero-order valence-electron chi connectivity index (χ0n) is 15.4. The van der Waals surface area contributed by atoms with Gasteiger partial charge in [0.15, 0.2) is 0 Å². The summed E-state index contributed by atoms with van der Waals surface area (Å²) in [5, 5.41) is 6.09. The van der Waals surface area contributed by atoms with Crippen LogP contribution < -0.4 is 15.4 Å². The Bertz CT molecular complexity index is 861. The lowest BCUT2D eigenvalue weighted by atomic mass is 10.1. The summed E-state index contributed by atoms with van der Waals surface area (Å²) in [6, 6.07) is 25.5. The molecule has 0 aliphatic carbocycles. The van der Waals surface area contributed by atoms with Gasteiger partial charge in [0.05, 0.1) is 6.54 Å². The number of amides is 1. The monoisotopic (exact) mass is 360 g/mol. The Balaban J connectivity index is 1.48. The maximum atomic E-state index is 12.2. The molecular weight excluding hydrogens is 336 g/mol. The molecule has 0 fully saturated rings. The van der Waals surface area contributed by atoms with E-state index in [2.05, 4.69) is 23.6 Å². The van der Waals surface area contributed by atoms with E-state index in [0.717, 1.165) is 29.1 Å². The highest BCUT2D eigenvalue weighted by Gasteiger charge is 2.05. The van der Waals surface area contributed by atoms with Crippen molar-refractivity contribution in [2.45, 2.75) is 20.0 Å². The molecule has 0 saturated carbocycles. The van der Waals surface area contributed by atoms with Crippen LogP contribution in [0.15, 0.2) is 78.9 Å². The van der Waals surface area contributed by atoms with Gasteiger partial charge in [0.25, 0.3) is 0 Å².